The lowest BCUT2D eigenvalue weighted by molar-refractivity contribution is -0.143. The Balaban J connectivity index is 1.06. The minimum Gasteiger partial charge on any atom is -0.491 e. The van der Waals surface area contributed by atoms with Crippen LogP contribution in [0.15, 0.2) is 36.9 Å². The molecule has 17 heteroatoms. The van der Waals surface area contributed by atoms with Crippen LogP contribution < -0.4 is 24.8 Å². The predicted molar refractivity (Wildman–Crippen MR) is 242 cm³/mol. The van der Waals surface area contributed by atoms with Crippen LogP contribution in [0.3, 0.4) is 0 Å². The predicted octanol–water partition coefficient (Wildman–Crippen LogP) is 4.92. The number of aromatic nitrogens is 1. The van der Waals surface area contributed by atoms with Crippen molar-refractivity contribution in [1.82, 2.24) is 30.1 Å². The fraction of sp³-hybridized carbons (Fsp3) is 0.688. The number of hydrogen-bond donors (Lipinski definition) is 3. The average Bonchev–Trinajstić information content (AvgIpc) is 4.25. The Morgan fingerprint density at radius 3 is 2.49 bits per heavy atom. The Morgan fingerprint density at radius 2 is 1.75 bits per heavy atom. The van der Waals surface area contributed by atoms with Gasteiger partial charge >= 0.3 is 6.09 Å². The van der Waals surface area contributed by atoms with Gasteiger partial charge in [-0.3, -0.25) is 24.0 Å². The molecule has 65 heavy (non-hydrogen) atoms. The second-order valence-electron chi connectivity index (χ2n) is 20.2. The molecule has 6 fully saturated rings. The van der Waals surface area contributed by atoms with Crippen LogP contribution in [0.4, 0.5) is 4.79 Å². The van der Waals surface area contributed by atoms with Crippen LogP contribution in [0.5, 0.6) is 11.6 Å². The van der Waals surface area contributed by atoms with Gasteiger partial charge in [-0.05, 0) is 88.2 Å². The molecule has 7 atom stereocenters. The quantitative estimate of drug-likeness (QED) is 0.258. The number of hydrogen-bond acceptors (Lipinski definition) is 12. The normalized spacial score (nSPS) is 31.3. The molecule has 0 radical (unpaired) electrons. The number of nitrogens with one attached hydrogen (secondary N) is 3. The summed E-state index contributed by atoms with van der Waals surface area (Å²) in [6.07, 6.45) is 10.2. The summed E-state index contributed by atoms with van der Waals surface area (Å²) in [6, 6.07) is 5.67. The van der Waals surface area contributed by atoms with Crippen LogP contribution in [0.25, 0.3) is 10.9 Å². The highest BCUT2D eigenvalue weighted by Gasteiger charge is 2.63. The first-order valence-electron chi connectivity index (χ1n) is 24.0. The van der Waals surface area contributed by atoms with Crippen LogP contribution in [-0.2, 0) is 40.3 Å². The molecule has 4 aliphatic carbocycles. The van der Waals surface area contributed by atoms with Crippen molar-refractivity contribution in [3.63, 3.8) is 0 Å². The number of benzene rings is 1. The zero-order valence-electron chi connectivity index (χ0n) is 37.9. The zero-order chi connectivity index (χ0) is 45.6. The van der Waals surface area contributed by atoms with E-state index in [1.807, 2.05) is 31.2 Å². The van der Waals surface area contributed by atoms with Crippen LogP contribution in [0.1, 0.15) is 109 Å². The number of carbonyl (C=O) groups excluding carboxylic acids is 4. The maximum Gasteiger partial charge on any atom is 0.408 e. The van der Waals surface area contributed by atoms with E-state index in [-0.39, 0.29) is 31.4 Å². The van der Waals surface area contributed by atoms with Gasteiger partial charge in [-0.2, -0.15) is 0 Å². The maximum atomic E-state index is 15.3. The molecule has 354 valence electrons. The van der Waals surface area contributed by atoms with Crippen LogP contribution in [0.2, 0.25) is 0 Å². The largest absolute Gasteiger partial charge is 0.491 e. The van der Waals surface area contributed by atoms with Crippen molar-refractivity contribution >= 4 is 44.7 Å². The monoisotopic (exact) mass is 918 g/mol. The third-order valence-electron chi connectivity index (χ3n) is 15.5. The van der Waals surface area contributed by atoms with E-state index in [0.717, 1.165) is 82.0 Å². The maximum absolute atomic E-state index is 15.3. The molecule has 0 unspecified atom stereocenters. The number of morpholine rings is 1. The van der Waals surface area contributed by atoms with E-state index in [2.05, 4.69) is 26.8 Å². The topological polar surface area (TPSA) is 195 Å². The Labute approximate surface area is 382 Å². The van der Waals surface area contributed by atoms with Gasteiger partial charge in [-0.25, -0.2) is 18.2 Å². The van der Waals surface area contributed by atoms with Gasteiger partial charge in [-0.15, -0.1) is 6.58 Å². The van der Waals surface area contributed by atoms with Gasteiger partial charge in [0.2, 0.25) is 27.7 Å². The highest BCUT2D eigenvalue weighted by atomic mass is 32.2. The second kappa shape index (κ2) is 18.3. The molecule has 16 nitrogen and oxygen atoms in total. The highest BCUT2D eigenvalue weighted by molar-refractivity contribution is 7.91. The van der Waals surface area contributed by atoms with Crippen molar-refractivity contribution in [2.24, 2.45) is 17.3 Å². The van der Waals surface area contributed by atoms with E-state index in [9.17, 15) is 22.8 Å². The fourth-order valence-corrected chi connectivity index (χ4v) is 11.9. The number of rotatable bonds is 11. The van der Waals surface area contributed by atoms with Gasteiger partial charge in [0.05, 0.1) is 35.6 Å². The number of ether oxygens (including phenoxy) is 4. The first-order valence-corrected chi connectivity index (χ1v) is 25.5. The Hall–Kier alpha value is -4.48. The van der Waals surface area contributed by atoms with E-state index in [0.29, 0.717) is 69.1 Å². The summed E-state index contributed by atoms with van der Waals surface area (Å²) >= 11 is 0. The molecule has 0 spiro atoms. The molecule has 2 aromatic rings. The molecule has 4 heterocycles. The van der Waals surface area contributed by atoms with Crippen molar-refractivity contribution in [1.29, 1.82) is 0 Å². The van der Waals surface area contributed by atoms with E-state index in [4.69, 9.17) is 23.9 Å². The molecule has 4 amide bonds. The molecule has 1 aromatic heterocycles. The van der Waals surface area contributed by atoms with Gasteiger partial charge in [0.1, 0.15) is 42.2 Å². The number of para-hydroxylation sites is 1. The molecule has 2 saturated heterocycles. The summed E-state index contributed by atoms with van der Waals surface area (Å²) in [4.78, 5) is 66.7. The molecule has 3 N–H and O–H groups in total. The SMILES string of the molecule is C=C[C@@H]1C[C@]1(NC(=O)[C@@H]1C[C@@H]2CN1C(=O)[C@H](C1(C)CCCCC1)NC(=O)O[C@@H]1C[C@H]1CCCCCc1c(nc3ccccc3c1OCCN1CCOCC1)O2)C(=O)NS(=O)(=O)C1(C)CC1. The molecule has 3 aliphatic heterocycles. The molecule has 4 saturated carbocycles. The number of pyridine rings is 1. The minimum absolute atomic E-state index is 0.0110. The first kappa shape index (κ1) is 45.7. The summed E-state index contributed by atoms with van der Waals surface area (Å²) < 4.78 is 52.9. The third-order valence-corrected chi connectivity index (χ3v) is 17.6. The molecular weight excluding hydrogens is 853 g/mol. The Bertz CT molecular complexity index is 2280. The van der Waals surface area contributed by atoms with E-state index in [1.54, 1.807) is 13.0 Å². The number of carbonyl (C=O) groups is 4. The summed E-state index contributed by atoms with van der Waals surface area (Å²) in [6.45, 7) is 11.7. The van der Waals surface area contributed by atoms with Crippen molar-refractivity contribution < 1.29 is 46.5 Å². The van der Waals surface area contributed by atoms with Crippen molar-refractivity contribution in [2.45, 2.75) is 145 Å². The number of amides is 4. The van der Waals surface area contributed by atoms with Gasteiger partial charge in [-0.1, -0.05) is 57.2 Å². The smallest absolute Gasteiger partial charge is 0.408 e. The Kier molecular flexibility index (Phi) is 12.9. The van der Waals surface area contributed by atoms with E-state index < -0.39 is 73.6 Å². The molecular formula is C48H66N6O10S. The fourth-order valence-electron chi connectivity index (χ4n) is 10.6. The van der Waals surface area contributed by atoms with Gasteiger partial charge in [0, 0.05) is 37.4 Å². The average molecular weight is 919 g/mol. The van der Waals surface area contributed by atoms with E-state index in [1.165, 1.54) is 4.90 Å². The number of alkyl carbamates (subject to hydrolysis) is 1. The summed E-state index contributed by atoms with van der Waals surface area (Å²) in [5, 5.41) is 6.79. The number of fused-ring (bicyclic) bond motifs is 5. The van der Waals surface area contributed by atoms with Crippen molar-refractivity contribution in [3.8, 4) is 11.6 Å². The third kappa shape index (κ3) is 9.56. The standard InChI is InChI=1S/C48H66N6O10S/c1-4-32-29-48(32,44(57)52-65(59,60)47(3)19-20-47)51-41(55)37-28-33-30-54(37)43(56)40(46(2)17-11-6-12-18-46)50-45(58)64-38-27-31(38)13-7-5-8-15-35-39(62-26-23-53-21-24-61-25-22-53)34-14-9-10-16-36(34)49-42(35)63-33/h4,9-10,14,16,31-33,37-38,40H,1,5-8,11-13,15,17-30H2,2-3H3,(H,50,58)(H,51,55)(H,52,57)/t31-,32-,33-,37+,38-,40-,48-/m1/s1. The van der Waals surface area contributed by atoms with E-state index >= 15 is 4.79 Å². The highest BCUT2D eigenvalue weighted by Crippen LogP contribution is 2.48. The first-order chi connectivity index (χ1) is 31.2. The summed E-state index contributed by atoms with van der Waals surface area (Å²) in [5.74, 6) is -1.08. The minimum atomic E-state index is -4.02. The second-order valence-corrected chi connectivity index (χ2v) is 22.4. The number of nitrogens with zero attached hydrogens (tertiary/aromatic N) is 3. The van der Waals surface area contributed by atoms with Gasteiger partial charge in [0.15, 0.2) is 0 Å². The summed E-state index contributed by atoms with van der Waals surface area (Å²) in [5.41, 5.74) is -0.680. The molecule has 2 bridgehead atoms. The summed E-state index contributed by atoms with van der Waals surface area (Å²) in [7, 11) is -4.02. The number of sulfonamides is 1. The molecule has 1 aromatic carbocycles. The lowest BCUT2D eigenvalue weighted by Crippen LogP contribution is -2.61. The van der Waals surface area contributed by atoms with Crippen LogP contribution in [-0.4, -0.2) is 128 Å². The van der Waals surface area contributed by atoms with Crippen LogP contribution in [0, 0.1) is 17.3 Å². The van der Waals surface area contributed by atoms with Crippen LogP contribution >= 0.6 is 0 Å². The van der Waals surface area contributed by atoms with Crippen molar-refractivity contribution in [2.75, 3.05) is 46.0 Å². The van der Waals surface area contributed by atoms with Gasteiger partial charge < -0.3 is 34.5 Å². The zero-order valence-corrected chi connectivity index (χ0v) is 38.8. The van der Waals surface area contributed by atoms with Crippen molar-refractivity contribution in [3.05, 3.63) is 42.5 Å². The lowest BCUT2D eigenvalue weighted by atomic mass is 9.70. The Morgan fingerprint density at radius 1 is 1.00 bits per heavy atom. The molecule has 9 rings (SSSR count). The lowest BCUT2D eigenvalue weighted by Gasteiger charge is -2.42. The van der Waals surface area contributed by atoms with Gasteiger partial charge in [0.25, 0.3) is 5.91 Å². The molecule has 7 aliphatic rings.